The highest BCUT2D eigenvalue weighted by atomic mass is 16.3. The lowest BCUT2D eigenvalue weighted by Crippen LogP contribution is -1.92. The average Bonchev–Trinajstić information content (AvgIpc) is 3.95. The van der Waals surface area contributed by atoms with Gasteiger partial charge >= 0.3 is 0 Å². The molecule has 7 aromatic heterocycles. The second-order valence-corrected chi connectivity index (χ2v) is 12.7. The van der Waals surface area contributed by atoms with Crippen molar-refractivity contribution >= 4 is 66.1 Å². The lowest BCUT2D eigenvalue weighted by atomic mass is 10.0. The maximum atomic E-state index is 6.28. The summed E-state index contributed by atoms with van der Waals surface area (Å²) in [6.07, 6.45) is 3.58. The molecule has 0 aliphatic carbocycles. The molecular weight excluding hydrogens is 681 g/mol. The number of furan rings is 3. The first-order valence-electron chi connectivity index (χ1n) is 18.7. The van der Waals surface area contributed by atoms with Crippen molar-refractivity contribution in [3.63, 3.8) is 0 Å². The van der Waals surface area contributed by atoms with E-state index in [2.05, 4.69) is 52.4 Å². The minimum absolute atomic E-state index is 0.772. The Morgan fingerprint density at radius 2 is 0.691 bits per heavy atom. The molecule has 0 aliphatic heterocycles. The predicted molar refractivity (Wildman–Crippen MR) is 224 cm³/mol. The molecule has 0 aliphatic rings. The summed E-state index contributed by atoms with van der Waals surface area (Å²) in [7, 11) is 0. The SMILES string of the molecule is CC.CC.c1cc(-c2ccc3oc4ccc(-c5ccc6oc7cccnc7c6c5)cc4c3c2)nc(-c2cccc(-c3ccc4oc5cccnc5c4c3)n2)c1. The summed E-state index contributed by atoms with van der Waals surface area (Å²) in [5, 5.41) is 4.04. The predicted octanol–water partition coefficient (Wildman–Crippen LogP) is 13.7. The Balaban J connectivity index is 0.000000963. The van der Waals surface area contributed by atoms with Gasteiger partial charge in [-0.05, 0) is 120 Å². The number of rotatable bonds is 4. The Kier molecular flexibility index (Phi) is 8.59. The Morgan fingerprint density at radius 3 is 1.18 bits per heavy atom. The fourth-order valence-electron chi connectivity index (χ4n) is 7.13. The second kappa shape index (κ2) is 14.0. The van der Waals surface area contributed by atoms with Crippen LogP contribution in [0, 0.1) is 0 Å². The van der Waals surface area contributed by atoms with Crippen LogP contribution in [0.3, 0.4) is 0 Å². The molecule has 0 fully saturated rings. The molecule has 4 aromatic carbocycles. The first-order valence-corrected chi connectivity index (χ1v) is 18.7. The van der Waals surface area contributed by atoms with Crippen molar-refractivity contribution < 1.29 is 13.3 Å². The molecule has 7 heteroatoms. The standard InChI is InChI=1S/C44H24N4O3.2C2H6/c1-5-33(47-35(7-1)36-8-2-6-34(48-36)28-14-18-40-32(24-28)44-42(51-40)10-4-20-46-44)27-13-17-38-30(23-27)29-21-25(11-15-37(29)49-38)26-12-16-39-31(22-26)43-41(50-39)9-3-19-45-43;2*1-2/h1-24H;2*1-2H3. The highest BCUT2D eigenvalue weighted by Crippen LogP contribution is 2.37. The number of fused-ring (bicyclic) bond motifs is 9. The molecule has 0 atom stereocenters. The van der Waals surface area contributed by atoms with Gasteiger partial charge in [0.25, 0.3) is 0 Å². The molecule has 0 saturated heterocycles. The summed E-state index contributed by atoms with van der Waals surface area (Å²) in [5.41, 5.74) is 14.0. The molecule has 0 saturated carbocycles. The largest absolute Gasteiger partial charge is 0.456 e. The second-order valence-electron chi connectivity index (χ2n) is 12.7. The van der Waals surface area contributed by atoms with E-state index in [1.807, 2.05) is 119 Å². The van der Waals surface area contributed by atoms with E-state index in [9.17, 15) is 0 Å². The van der Waals surface area contributed by atoms with Crippen LogP contribution in [0.15, 0.2) is 159 Å². The minimum Gasteiger partial charge on any atom is -0.456 e. The fourth-order valence-corrected chi connectivity index (χ4v) is 7.13. The van der Waals surface area contributed by atoms with Crippen molar-refractivity contribution in [2.75, 3.05) is 0 Å². The van der Waals surface area contributed by atoms with Gasteiger partial charge in [-0.2, -0.15) is 0 Å². The zero-order chi connectivity index (χ0) is 37.5. The van der Waals surface area contributed by atoms with E-state index in [1.165, 1.54) is 0 Å². The lowest BCUT2D eigenvalue weighted by molar-refractivity contribution is 0.668. The molecule has 0 amide bonds. The van der Waals surface area contributed by atoms with Crippen molar-refractivity contribution in [3.05, 3.63) is 146 Å². The van der Waals surface area contributed by atoms with Crippen LogP contribution in [0.5, 0.6) is 0 Å². The van der Waals surface area contributed by atoms with Gasteiger partial charge in [0, 0.05) is 45.1 Å². The molecular formula is C48H36N4O3. The number of benzene rings is 4. The lowest BCUT2D eigenvalue weighted by Gasteiger charge is -2.07. The van der Waals surface area contributed by atoms with E-state index < -0.39 is 0 Å². The number of hydrogen-bond acceptors (Lipinski definition) is 7. The van der Waals surface area contributed by atoms with Gasteiger partial charge in [0.2, 0.25) is 0 Å². The fraction of sp³-hybridized carbons (Fsp3) is 0.0833. The molecule has 266 valence electrons. The molecule has 55 heavy (non-hydrogen) atoms. The number of aromatic nitrogens is 4. The summed E-state index contributed by atoms with van der Waals surface area (Å²) in [6, 6.07) is 44.7. The van der Waals surface area contributed by atoms with Crippen LogP contribution >= 0.6 is 0 Å². The van der Waals surface area contributed by atoms with Crippen molar-refractivity contribution in [3.8, 4) is 45.0 Å². The van der Waals surface area contributed by atoms with E-state index in [4.69, 9.17) is 23.2 Å². The molecule has 0 spiro atoms. The monoisotopic (exact) mass is 716 g/mol. The van der Waals surface area contributed by atoms with Gasteiger partial charge in [0.05, 0.1) is 22.8 Å². The van der Waals surface area contributed by atoms with Gasteiger partial charge in [-0.1, -0.05) is 52.0 Å². The summed E-state index contributed by atoms with van der Waals surface area (Å²) < 4.78 is 18.3. The summed E-state index contributed by atoms with van der Waals surface area (Å²) in [4.78, 5) is 19.2. The first-order chi connectivity index (χ1) is 27.2. The van der Waals surface area contributed by atoms with Gasteiger partial charge in [-0.15, -0.1) is 0 Å². The Bertz CT molecular complexity index is 3170. The van der Waals surface area contributed by atoms with Crippen LogP contribution in [0.4, 0.5) is 0 Å². The highest BCUT2D eigenvalue weighted by molar-refractivity contribution is 6.09. The zero-order valence-electron chi connectivity index (χ0n) is 30.9. The average molecular weight is 717 g/mol. The topological polar surface area (TPSA) is 91.0 Å². The van der Waals surface area contributed by atoms with E-state index in [0.717, 1.165) is 111 Å². The van der Waals surface area contributed by atoms with Gasteiger partial charge in [0.1, 0.15) is 33.4 Å². The summed E-state index contributed by atoms with van der Waals surface area (Å²) >= 11 is 0. The van der Waals surface area contributed by atoms with Crippen LogP contribution in [0.1, 0.15) is 27.7 Å². The van der Waals surface area contributed by atoms with Crippen molar-refractivity contribution in [2.45, 2.75) is 27.7 Å². The maximum absolute atomic E-state index is 6.28. The third kappa shape index (κ3) is 5.87. The molecule has 0 radical (unpaired) electrons. The number of hydrogen-bond donors (Lipinski definition) is 0. The van der Waals surface area contributed by atoms with E-state index >= 15 is 0 Å². The molecule has 11 aromatic rings. The van der Waals surface area contributed by atoms with E-state index in [-0.39, 0.29) is 0 Å². The van der Waals surface area contributed by atoms with Crippen LogP contribution in [0.2, 0.25) is 0 Å². The molecule has 11 rings (SSSR count). The van der Waals surface area contributed by atoms with Crippen LogP contribution in [0.25, 0.3) is 111 Å². The molecule has 7 nitrogen and oxygen atoms in total. The van der Waals surface area contributed by atoms with Crippen LogP contribution < -0.4 is 0 Å². The normalized spacial score (nSPS) is 11.3. The van der Waals surface area contributed by atoms with Crippen molar-refractivity contribution in [2.24, 2.45) is 0 Å². The number of nitrogens with zero attached hydrogens (tertiary/aromatic N) is 4. The molecule has 0 unspecified atom stereocenters. The Labute approximate surface area is 316 Å². The molecule has 0 bridgehead atoms. The maximum Gasteiger partial charge on any atom is 0.153 e. The van der Waals surface area contributed by atoms with Gasteiger partial charge in [0.15, 0.2) is 11.2 Å². The third-order valence-corrected chi connectivity index (χ3v) is 9.61. The quantitative estimate of drug-likeness (QED) is 0.179. The zero-order valence-corrected chi connectivity index (χ0v) is 30.9. The van der Waals surface area contributed by atoms with Gasteiger partial charge in [-0.3, -0.25) is 9.97 Å². The molecule has 7 heterocycles. The van der Waals surface area contributed by atoms with Crippen molar-refractivity contribution in [1.29, 1.82) is 0 Å². The molecule has 0 N–H and O–H groups in total. The Morgan fingerprint density at radius 1 is 0.327 bits per heavy atom. The Hall–Kier alpha value is -7.12. The van der Waals surface area contributed by atoms with E-state index in [0.29, 0.717) is 0 Å². The van der Waals surface area contributed by atoms with Gasteiger partial charge in [-0.25, -0.2) is 9.97 Å². The summed E-state index contributed by atoms with van der Waals surface area (Å²) in [5.74, 6) is 0. The third-order valence-electron chi connectivity index (χ3n) is 9.61. The van der Waals surface area contributed by atoms with Crippen molar-refractivity contribution in [1.82, 2.24) is 19.9 Å². The van der Waals surface area contributed by atoms with Crippen LogP contribution in [-0.2, 0) is 0 Å². The van der Waals surface area contributed by atoms with E-state index in [1.54, 1.807) is 12.4 Å². The first kappa shape index (κ1) is 33.7. The number of pyridine rings is 4. The smallest absolute Gasteiger partial charge is 0.153 e. The highest BCUT2D eigenvalue weighted by Gasteiger charge is 2.15. The van der Waals surface area contributed by atoms with Crippen LogP contribution in [-0.4, -0.2) is 19.9 Å². The minimum atomic E-state index is 0.772. The van der Waals surface area contributed by atoms with Gasteiger partial charge < -0.3 is 13.3 Å². The summed E-state index contributed by atoms with van der Waals surface area (Å²) in [6.45, 7) is 8.00.